The van der Waals surface area contributed by atoms with Gasteiger partial charge in [-0.15, -0.1) is 0 Å². The van der Waals surface area contributed by atoms with Crippen molar-refractivity contribution in [1.29, 1.82) is 0 Å². The lowest BCUT2D eigenvalue weighted by molar-refractivity contribution is -0.117. The van der Waals surface area contributed by atoms with Crippen LogP contribution < -0.4 is 10.1 Å². The number of anilines is 1. The molecule has 0 aliphatic carbocycles. The second kappa shape index (κ2) is 13.4. The summed E-state index contributed by atoms with van der Waals surface area (Å²) in [6.07, 6.45) is 4.90. The molecule has 1 amide bonds. The number of carbonyl (C=O) groups is 2. The minimum absolute atomic E-state index is 0.0707. The Labute approximate surface area is 229 Å². The number of aromatic carboxylic acids is 1. The zero-order valence-corrected chi connectivity index (χ0v) is 22.3. The van der Waals surface area contributed by atoms with Gasteiger partial charge in [0.05, 0.1) is 12.1 Å². The molecule has 0 saturated carbocycles. The second-order valence-electron chi connectivity index (χ2n) is 9.59. The van der Waals surface area contributed by atoms with Crippen molar-refractivity contribution in [1.82, 2.24) is 14.4 Å². The van der Waals surface area contributed by atoms with Gasteiger partial charge < -0.3 is 24.6 Å². The monoisotopic (exact) mass is 526 g/mol. The van der Waals surface area contributed by atoms with Crippen LogP contribution in [-0.4, -0.2) is 65.1 Å². The van der Waals surface area contributed by atoms with E-state index < -0.39 is 5.97 Å². The van der Waals surface area contributed by atoms with Crippen LogP contribution in [0.1, 0.15) is 22.3 Å². The first-order valence-corrected chi connectivity index (χ1v) is 12.9. The first-order chi connectivity index (χ1) is 18.9. The van der Waals surface area contributed by atoms with E-state index in [0.29, 0.717) is 17.9 Å². The largest absolute Gasteiger partial charge is 0.478 e. The summed E-state index contributed by atoms with van der Waals surface area (Å²) >= 11 is 0. The molecular formula is C31H34N4O4. The summed E-state index contributed by atoms with van der Waals surface area (Å²) < 4.78 is 7.96. The molecule has 0 aliphatic rings. The fraction of sp³-hybridized carbons (Fsp3) is 0.226. The number of carboxylic acid groups (broad SMARTS) is 1. The summed E-state index contributed by atoms with van der Waals surface area (Å²) in [4.78, 5) is 27.7. The van der Waals surface area contributed by atoms with Gasteiger partial charge in [0, 0.05) is 30.3 Å². The van der Waals surface area contributed by atoms with Gasteiger partial charge in [-0.3, -0.25) is 9.69 Å². The first kappa shape index (κ1) is 27.6. The molecule has 1 aromatic heterocycles. The van der Waals surface area contributed by atoms with E-state index in [1.807, 2.05) is 109 Å². The van der Waals surface area contributed by atoms with Crippen molar-refractivity contribution >= 4 is 17.6 Å². The van der Waals surface area contributed by atoms with Gasteiger partial charge in [0.25, 0.3) is 0 Å². The topological polar surface area (TPSA) is 87.0 Å². The van der Waals surface area contributed by atoms with Crippen LogP contribution in [0.5, 0.6) is 11.5 Å². The summed E-state index contributed by atoms with van der Waals surface area (Å²) in [6.45, 7) is 2.68. The van der Waals surface area contributed by atoms with Gasteiger partial charge in [0.1, 0.15) is 11.5 Å². The summed E-state index contributed by atoms with van der Waals surface area (Å²) in [6, 6.07) is 26.1. The number of nitrogens with one attached hydrogen (secondary N) is 1. The van der Waals surface area contributed by atoms with Gasteiger partial charge in [-0.05, 0) is 112 Å². The maximum absolute atomic E-state index is 12.5. The Morgan fingerprint density at radius 1 is 0.821 bits per heavy atom. The molecule has 0 spiro atoms. The Balaban J connectivity index is 1.15. The lowest BCUT2D eigenvalue weighted by Crippen LogP contribution is -2.32. The molecular weight excluding hydrogens is 492 g/mol. The zero-order valence-electron chi connectivity index (χ0n) is 22.3. The van der Waals surface area contributed by atoms with Crippen molar-refractivity contribution in [3.8, 4) is 17.2 Å². The van der Waals surface area contributed by atoms with Crippen molar-refractivity contribution in [2.75, 3.05) is 39.0 Å². The number of nitrogens with zero attached hydrogens (tertiary/aromatic N) is 3. The van der Waals surface area contributed by atoms with Crippen LogP contribution in [0.3, 0.4) is 0 Å². The predicted octanol–water partition coefficient (Wildman–Crippen LogP) is 5.36. The highest BCUT2D eigenvalue weighted by Gasteiger charge is 2.09. The maximum Gasteiger partial charge on any atom is 0.335 e. The van der Waals surface area contributed by atoms with Crippen LogP contribution >= 0.6 is 0 Å². The molecule has 202 valence electrons. The number of carbonyl (C=O) groups excluding carboxylic acids is 1. The highest BCUT2D eigenvalue weighted by molar-refractivity contribution is 5.92. The Kier molecular flexibility index (Phi) is 9.50. The van der Waals surface area contributed by atoms with Crippen LogP contribution in [0.4, 0.5) is 5.69 Å². The van der Waals surface area contributed by atoms with Gasteiger partial charge in [0.2, 0.25) is 5.91 Å². The fourth-order valence-electron chi connectivity index (χ4n) is 4.21. The standard InChI is InChI=1S/C31H34N4O4/c1-33(22-24-6-8-25(9-7-24)31(37)38)18-5-19-34(2)23-30(36)32-26-10-14-28(15-11-26)39-29-16-12-27(13-17-29)35-20-3-4-21-35/h3-4,6-17,20-21H,5,18-19,22-23H2,1-2H3,(H,32,36)(H,37,38). The SMILES string of the molecule is CN(CCCN(C)Cc1ccc(C(=O)O)cc1)CC(=O)Nc1ccc(Oc2ccc(-n3cccc3)cc2)cc1. The minimum Gasteiger partial charge on any atom is -0.478 e. The number of carboxylic acids is 1. The number of amides is 1. The lowest BCUT2D eigenvalue weighted by atomic mass is 10.1. The van der Waals surface area contributed by atoms with Crippen LogP contribution in [0.25, 0.3) is 5.69 Å². The number of aromatic nitrogens is 1. The highest BCUT2D eigenvalue weighted by Crippen LogP contribution is 2.24. The lowest BCUT2D eigenvalue weighted by Gasteiger charge is -2.20. The molecule has 0 bridgehead atoms. The van der Waals surface area contributed by atoms with Gasteiger partial charge in [-0.1, -0.05) is 12.1 Å². The van der Waals surface area contributed by atoms with Crippen molar-refractivity contribution in [3.05, 3.63) is 108 Å². The first-order valence-electron chi connectivity index (χ1n) is 12.9. The average Bonchev–Trinajstić information content (AvgIpc) is 3.46. The van der Waals surface area contributed by atoms with Crippen molar-refractivity contribution in [2.24, 2.45) is 0 Å². The van der Waals surface area contributed by atoms with Gasteiger partial charge in [-0.25, -0.2) is 4.79 Å². The summed E-state index contributed by atoms with van der Waals surface area (Å²) in [5, 5.41) is 12.0. The minimum atomic E-state index is -0.918. The third-order valence-electron chi connectivity index (χ3n) is 6.26. The molecule has 0 saturated heterocycles. The van der Waals surface area contributed by atoms with Crippen molar-refractivity contribution < 1.29 is 19.4 Å². The molecule has 2 N–H and O–H groups in total. The number of hydrogen-bond donors (Lipinski definition) is 2. The molecule has 39 heavy (non-hydrogen) atoms. The zero-order chi connectivity index (χ0) is 27.6. The van der Waals surface area contributed by atoms with E-state index in [2.05, 4.69) is 10.2 Å². The Morgan fingerprint density at radius 3 is 2.03 bits per heavy atom. The van der Waals surface area contributed by atoms with Crippen molar-refractivity contribution in [3.63, 3.8) is 0 Å². The van der Waals surface area contributed by atoms with Crippen LogP contribution in [-0.2, 0) is 11.3 Å². The van der Waals surface area contributed by atoms with E-state index in [0.717, 1.165) is 48.7 Å². The van der Waals surface area contributed by atoms with E-state index in [1.54, 1.807) is 12.1 Å². The summed E-state index contributed by atoms with van der Waals surface area (Å²) in [5.74, 6) is 0.449. The second-order valence-corrected chi connectivity index (χ2v) is 9.59. The Bertz CT molecular complexity index is 1340. The van der Waals surface area contributed by atoms with Gasteiger partial charge >= 0.3 is 5.97 Å². The summed E-state index contributed by atoms with van der Waals surface area (Å²) in [5.41, 5.74) is 3.14. The smallest absolute Gasteiger partial charge is 0.335 e. The third kappa shape index (κ3) is 8.56. The van der Waals surface area contributed by atoms with Crippen LogP contribution in [0.2, 0.25) is 0 Å². The third-order valence-corrected chi connectivity index (χ3v) is 6.26. The van der Waals surface area contributed by atoms with Gasteiger partial charge in [0.15, 0.2) is 0 Å². The average molecular weight is 527 g/mol. The molecule has 8 nitrogen and oxygen atoms in total. The van der Waals surface area contributed by atoms with E-state index in [1.165, 1.54) is 0 Å². The predicted molar refractivity (Wildman–Crippen MR) is 153 cm³/mol. The highest BCUT2D eigenvalue weighted by atomic mass is 16.5. The number of benzene rings is 3. The molecule has 1 heterocycles. The molecule has 4 rings (SSSR count). The quantitative estimate of drug-likeness (QED) is 0.244. The Morgan fingerprint density at radius 2 is 1.41 bits per heavy atom. The fourth-order valence-corrected chi connectivity index (χ4v) is 4.21. The number of likely N-dealkylation sites (N-methyl/N-ethyl adjacent to an activating group) is 1. The molecule has 0 unspecified atom stereocenters. The molecule has 0 atom stereocenters. The molecule has 3 aromatic carbocycles. The van der Waals surface area contributed by atoms with Crippen molar-refractivity contribution in [2.45, 2.75) is 13.0 Å². The normalized spacial score (nSPS) is 11.1. The molecule has 4 aromatic rings. The molecule has 0 radical (unpaired) electrons. The summed E-state index contributed by atoms with van der Waals surface area (Å²) in [7, 11) is 3.97. The number of hydrogen-bond acceptors (Lipinski definition) is 5. The number of ether oxygens (including phenoxy) is 1. The number of rotatable bonds is 13. The van der Waals surface area contributed by atoms with Crippen LogP contribution in [0.15, 0.2) is 97.3 Å². The van der Waals surface area contributed by atoms with E-state index >= 15 is 0 Å². The van der Waals surface area contributed by atoms with Gasteiger partial charge in [-0.2, -0.15) is 0 Å². The maximum atomic E-state index is 12.5. The Hall–Kier alpha value is -4.40. The van der Waals surface area contributed by atoms with Crippen LogP contribution in [0, 0.1) is 0 Å². The van der Waals surface area contributed by atoms with E-state index in [4.69, 9.17) is 9.84 Å². The molecule has 8 heteroatoms. The van der Waals surface area contributed by atoms with E-state index in [9.17, 15) is 9.59 Å². The molecule has 0 fully saturated rings. The molecule has 0 aliphatic heterocycles. The van der Waals surface area contributed by atoms with E-state index in [-0.39, 0.29) is 5.91 Å².